The van der Waals surface area contributed by atoms with Gasteiger partial charge in [0.15, 0.2) is 5.65 Å². The van der Waals surface area contributed by atoms with Crippen molar-refractivity contribution >= 4 is 17.7 Å². The van der Waals surface area contributed by atoms with E-state index in [9.17, 15) is 0 Å². The number of hydrogen-bond acceptors (Lipinski definition) is 6. The van der Waals surface area contributed by atoms with Gasteiger partial charge in [0, 0.05) is 37.0 Å². The maximum absolute atomic E-state index is 9.08. The zero-order valence-electron chi connectivity index (χ0n) is 17.6. The van der Waals surface area contributed by atoms with Crippen molar-refractivity contribution in [2.24, 2.45) is 4.99 Å². The Hall–Kier alpha value is -4.02. The van der Waals surface area contributed by atoms with Gasteiger partial charge in [-0.15, -0.1) is 0 Å². The monoisotopic (exact) mass is 422 g/mol. The minimum atomic E-state index is 0.441. The predicted octanol–water partition coefficient (Wildman–Crippen LogP) is 3.72. The molecule has 1 fully saturated rings. The number of ether oxygens (including phenoxy) is 1. The van der Waals surface area contributed by atoms with Gasteiger partial charge in [-0.2, -0.15) is 14.9 Å². The van der Waals surface area contributed by atoms with Gasteiger partial charge in [-0.3, -0.25) is 4.99 Å². The van der Waals surface area contributed by atoms with Gasteiger partial charge in [0.1, 0.15) is 5.82 Å². The number of hydrogen-bond donors (Lipinski definition) is 0. The first kappa shape index (κ1) is 19.9. The van der Waals surface area contributed by atoms with Crippen LogP contribution in [-0.2, 0) is 11.3 Å². The standard InChI is InChI=1S/C25H22N6O/c26-16-19-5-4-6-20(13-19)17-27-18-22-14-25(30-9-11-32-12-10-30)31-24(28-22)15-23(29-31)21-7-2-1-3-8-21/h1-8,13-15,17H,9-12,18H2. The zero-order chi connectivity index (χ0) is 21.8. The Labute approximate surface area is 186 Å². The Bertz CT molecular complexity index is 1300. The molecule has 2 aromatic carbocycles. The highest BCUT2D eigenvalue weighted by molar-refractivity contribution is 5.80. The van der Waals surface area contributed by atoms with Crippen molar-refractivity contribution in [3.63, 3.8) is 0 Å². The normalized spacial score (nSPS) is 14.2. The van der Waals surface area contributed by atoms with Crippen LogP contribution >= 0.6 is 0 Å². The number of benzene rings is 2. The third-order valence-corrected chi connectivity index (χ3v) is 5.38. The van der Waals surface area contributed by atoms with Gasteiger partial charge >= 0.3 is 0 Å². The van der Waals surface area contributed by atoms with Crippen LogP contribution in [0.2, 0.25) is 0 Å². The van der Waals surface area contributed by atoms with Crippen LogP contribution in [-0.4, -0.2) is 47.1 Å². The first-order chi connectivity index (χ1) is 15.8. The number of nitriles is 1. The van der Waals surface area contributed by atoms with Crippen LogP contribution in [0, 0.1) is 11.3 Å². The first-order valence-corrected chi connectivity index (χ1v) is 10.6. The maximum atomic E-state index is 9.08. The van der Waals surface area contributed by atoms with Crippen LogP contribution in [0.3, 0.4) is 0 Å². The molecule has 1 saturated heterocycles. The van der Waals surface area contributed by atoms with E-state index < -0.39 is 0 Å². The second kappa shape index (κ2) is 9.00. The van der Waals surface area contributed by atoms with Crippen LogP contribution in [0.4, 0.5) is 5.82 Å². The lowest BCUT2D eigenvalue weighted by molar-refractivity contribution is 0.122. The lowest BCUT2D eigenvalue weighted by Crippen LogP contribution is -2.37. The summed E-state index contributed by atoms with van der Waals surface area (Å²) in [6.07, 6.45) is 1.78. The number of morpholine rings is 1. The summed E-state index contributed by atoms with van der Waals surface area (Å²) in [6.45, 7) is 3.45. The van der Waals surface area contributed by atoms with Crippen LogP contribution in [0.1, 0.15) is 16.8 Å². The number of rotatable bonds is 5. The van der Waals surface area contributed by atoms with Crippen LogP contribution < -0.4 is 4.90 Å². The quantitative estimate of drug-likeness (QED) is 0.458. The molecule has 0 spiro atoms. The molecule has 0 atom stereocenters. The van der Waals surface area contributed by atoms with Crippen molar-refractivity contribution in [2.75, 3.05) is 31.2 Å². The molecule has 7 nitrogen and oxygen atoms in total. The average Bonchev–Trinajstić information content (AvgIpc) is 3.29. The topological polar surface area (TPSA) is 78.8 Å². The number of aliphatic imine (C=N–C) groups is 1. The number of nitrogens with zero attached hydrogens (tertiary/aromatic N) is 6. The summed E-state index contributed by atoms with van der Waals surface area (Å²) in [4.78, 5) is 11.7. The lowest BCUT2D eigenvalue weighted by Gasteiger charge is -2.29. The van der Waals surface area contributed by atoms with E-state index >= 15 is 0 Å². The highest BCUT2D eigenvalue weighted by Gasteiger charge is 2.18. The van der Waals surface area contributed by atoms with Gasteiger partial charge in [0.05, 0.1) is 42.8 Å². The molecule has 0 unspecified atom stereocenters. The number of anilines is 1. The summed E-state index contributed by atoms with van der Waals surface area (Å²) in [5, 5.41) is 13.9. The maximum Gasteiger partial charge on any atom is 0.158 e. The molecule has 1 aliphatic heterocycles. The molecular formula is C25H22N6O. The molecule has 0 saturated carbocycles. The summed E-state index contributed by atoms with van der Waals surface area (Å²) in [6, 6.07) is 23.8. The molecule has 5 rings (SSSR count). The fraction of sp³-hybridized carbons (Fsp3) is 0.200. The van der Waals surface area contributed by atoms with Crippen molar-refractivity contribution in [3.05, 3.63) is 83.6 Å². The van der Waals surface area contributed by atoms with E-state index in [2.05, 4.69) is 34.2 Å². The van der Waals surface area contributed by atoms with Crippen molar-refractivity contribution < 1.29 is 4.74 Å². The molecule has 1 aliphatic rings. The molecular weight excluding hydrogens is 400 g/mol. The first-order valence-electron chi connectivity index (χ1n) is 10.6. The molecule has 0 bridgehead atoms. The van der Waals surface area contributed by atoms with Crippen LogP contribution in [0.5, 0.6) is 0 Å². The Morgan fingerprint density at radius 2 is 1.88 bits per heavy atom. The van der Waals surface area contributed by atoms with E-state index in [4.69, 9.17) is 20.1 Å². The highest BCUT2D eigenvalue weighted by atomic mass is 16.5. The Morgan fingerprint density at radius 3 is 2.69 bits per heavy atom. The largest absolute Gasteiger partial charge is 0.378 e. The van der Waals surface area contributed by atoms with Crippen LogP contribution in [0.15, 0.2) is 71.7 Å². The van der Waals surface area contributed by atoms with Crippen molar-refractivity contribution in [2.45, 2.75) is 6.54 Å². The van der Waals surface area contributed by atoms with E-state index in [1.54, 1.807) is 12.3 Å². The molecule has 32 heavy (non-hydrogen) atoms. The minimum Gasteiger partial charge on any atom is -0.378 e. The van der Waals surface area contributed by atoms with Gasteiger partial charge in [0.2, 0.25) is 0 Å². The summed E-state index contributed by atoms with van der Waals surface area (Å²) in [5.41, 5.74) is 5.13. The Morgan fingerprint density at radius 1 is 1.03 bits per heavy atom. The van der Waals surface area contributed by atoms with E-state index in [1.807, 2.05) is 47.0 Å². The van der Waals surface area contributed by atoms with Gasteiger partial charge in [-0.1, -0.05) is 42.5 Å². The number of aromatic nitrogens is 3. The molecule has 0 aliphatic carbocycles. The second-order valence-corrected chi connectivity index (χ2v) is 7.58. The molecule has 0 amide bonds. The van der Waals surface area contributed by atoms with Gasteiger partial charge < -0.3 is 9.64 Å². The average molecular weight is 422 g/mol. The van der Waals surface area contributed by atoms with E-state index in [-0.39, 0.29) is 0 Å². The fourth-order valence-corrected chi connectivity index (χ4v) is 3.79. The van der Waals surface area contributed by atoms with E-state index in [0.29, 0.717) is 25.3 Å². The van der Waals surface area contributed by atoms with Crippen molar-refractivity contribution in [1.82, 2.24) is 14.6 Å². The Kier molecular flexibility index (Phi) is 5.60. The van der Waals surface area contributed by atoms with Crippen LogP contribution in [0.25, 0.3) is 16.9 Å². The highest BCUT2D eigenvalue weighted by Crippen LogP contribution is 2.24. The third kappa shape index (κ3) is 4.22. The SMILES string of the molecule is N#Cc1cccc(C=NCc2cc(N3CCOCC3)n3nc(-c4ccccc4)cc3n2)c1. The predicted molar refractivity (Wildman–Crippen MR) is 124 cm³/mol. The van der Waals surface area contributed by atoms with Gasteiger partial charge in [-0.25, -0.2) is 4.98 Å². The molecule has 4 aromatic rings. The lowest BCUT2D eigenvalue weighted by atomic mass is 10.1. The fourth-order valence-electron chi connectivity index (χ4n) is 3.79. The Balaban J connectivity index is 1.49. The zero-order valence-corrected chi connectivity index (χ0v) is 17.6. The molecule has 7 heteroatoms. The summed E-state index contributed by atoms with van der Waals surface area (Å²) < 4.78 is 7.45. The van der Waals surface area contributed by atoms with Gasteiger partial charge in [-0.05, 0) is 17.7 Å². The third-order valence-electron chi connectivity index (χ3n) is 5.38. The summed E-state index contributed by atoms with van der Waals surface area (Å²) in [5.74, 6) is 0.997. The molecule has 2 aromatic heterocycles. The molecule has 3 heterocycles. The second-order valence-electron chi connectivity index (χ2n) is 7.58. The molecule has 0 N–H and O–H groups in total. The van der Waals surface area contributed by atoms with E-state index in [1.165, 1.54) is 0 Å². The minimum absolute atomic E-state index is 0.441. The van der Waals surface area contributed by atoms with E-state index in [0.717, 1.165) is 47.1 Å². The van der Waals surface area contributed by atoms with Crippen molar-refractivity contribution in [1.29, 1.82) is 5.26 Å². The smallest absolute Gasteiger partial charge is 0.158 e. The molecule has 158 valence electrons. The van der Waals surface area contributed by atoms with Crippen molar-refractivity contribution in [3.8, 4) is 17.3 Å². The summed E-state index contributed by atoms with van der Waals surface area (Å²) >= 11 is 0. The molecule has 0 radical (unpaired) electrons. The number of fused-ring (bicyclic) bond motifs is 1. The van der Waals surface area contributed by atoms with Gasteiger partial charge in [0.25, 0.3) is 0 Å². The summed E-state index contributed by atoms with van der Waals surface area (Å²) in [7, 11) is 0.